The Hall–Kier alpha value is -1.55. The molecule has 0 bridgehead atoms. The van der Waals surface area contributed by atoms with E-state index in [-0.39, 0.29) is 5.91 Å². The van der Waals surface area contributed by atoms with E-state index in [0.29, 0.717) is 18.5 Å². The van der Waals surface area contributed by atoms with Gasteiger partial charge in [-0.25, -0.2) is 0 Å². The second-order valence-electron chi connectivity index (χ2n) is 6.12. The third-order valence-corrected chi connectivity index (χ3v) is 4.58. The summed E-state index contributed by atoms with van der Waals surface area (Å²) in [6, 6.07) is 7.48. The molecule has 1 amide bonds. The largest absolute Gasteiger partial charge is 0.382 e. The van der Waals surface area contributed by atoms with Crippen molar-refractivity contribution in [3.63, 3.8) is 0 Å². The van der Waals surface area contributed by atoms with Gasteiger partial charge in [0.25, 0.3) is 0 Å². The van der Waals surface area contributed by atoms with Gasteiger partial charge in [-0.1, -0.05) is 0 Å². The highest BCUT2D eigenvalue weighted by atomic mass is 16.1. The van der Waals surface area contributed by atoms with Gasteiger partial charge in [0, 0.05) is 36.4 Å². The number of benzene rings is 1. The number of carbonyl (C=O) groups excluding carboxylic acids is 1. The molecule has 2 N–H and O–H groups in total. The normalized spacial score (nSPS) is 26.8. The van der Waals surface area contributed by atoms with Crippen LogP contribution in [0.4, 0.5) is 11.4 Å². The first-order valence-corrected chi connectivity index (χ1v) is 7.51. The van der Waals surface area contributed by atoms with Crippen molar-refractivity contribution < 1.29 is 4.79 Å². The quantitative estimate of drug-likeness (QED) is 0.870. The van der Waals surface area contributed by atoms with E-state index in [1.165, 1.54) is 24.1 Å². The van der Waals surface area contributed by atoms with Crippen LogP contribution in [0.5, 0.6) is 0 Å². The molecule has 108 valence electrons. The summed E-state index contributed by atoms with van der Waals surface area (Å²) in [5.41, 5.74) is 3.40. The fourth-order valence-corrected chi connectivity index (χ4v) is 3.13. The van der Waals surface area contributed by atoms with E-state index in [9.17, 15) is 4.79 Å². The van der Waals surface area contributed by atoms with E-state index in [1.807, 2.05) is 6.07 Å². The van der Waals surface area contributed by atoms with Crippen LogP contribution in [0.3, 0.4) is 0 Å². The molecule has 0 saturated carbocycles. The first kappa shape index (κ1) is 13.4. The number of hydrogen-bond acceptors (Lipinski definition) is 3. The maximum atomic E-state index is 11.4. The number of carbonyl (C=O) groups is 1. The van der Waals surface area contributed by atoms with Crippen LogP contribution in [-0.4, -0.2) is 36.5 Å². The van der Waals surface area contributed by atoms with Gasteiger partial charge in [0.15, 0.2) is 0 Å². The molecule has 3 rings (SSSR count). The zero-order chi connectivity index (χ0) is 14.1. The molecule has 0 radical (unpaired) electrons. The van der Waals surface area contributed by atoms with Gasteiger partial charge < -0.3 is 15.5 Å². The van der Waals surface area contributed by atoms with E-state index < -0.39 is 0 Å². The number of fused-ring (bicyclic) bond motifs is 1. The van der Waals surface area contributed by atoms with Gasteiger partial charge in [0.2, 0.25) is 5.91 Å². The average Bonchev–Trinajstić information content (AvgIpc) is 2.43. The lowest BCUT2D eigenvalue weighted by atomic mass is 9.97. The number of hydrogen-bond donors (Lipinski definition) is 2. The Morgan fingerprint density at radius 2 is 2.20 bits per heavy atom. The molecule has 2 aliphatic heterocycles. The molecule has 2 atom stereocenters. The molecule has 2 unspecified atom stereocenters. The number of aryl methyl sites for hydroxylation is 1. The zero-order valence-corrected chi connectivity index (χ0v) is 12.3. The van der Waals surface area contributed by atoms with Crippen molar-refractivity contribution in [3.05, 3.63) is 23.8 Å². The summed E-state index contributed by atoms with van der Waals surface area (Å²) in [7, 11) is 2.20. The number of piperidine rings is 1. The SMILES string of the molecule is CC1CC(Nc2ccc3c(c2)CCC(=O)N3)CCN1C. The van der Waals surface area contributed by atoms with E-state index in [1.54, 1.807) is 0 Å². The number of nitrogens with one attached hydrogen (secondary N) is 2. The second-order valence-corrected chi connectivity index (χ2v) is 6.12. The first-order valence-electron chi connectivity index (χ1n) is 7.51. The van der Waals surface area contributed by atoms with Crippen LogP contribution in [0.1, 0.15) is 31.7 Å². The molecule has 2 aliphatic rings. The maximum Gasteiger partial charge on any atom is 0.224 e. The third kappa shape index (κ3) is 2.80. The van der Waals surface area contributed by atoms with Crippen LogP contribution >= 0.6 is 0 Å². The van der Waals surface area contributed by atoms with Crippen molar-refractivity contribution in [1.29, 1.82) is 0 Å². The van der Waals surface area contributed by atoms with Crippen LogP contribution in [0.15, 0.2) is 18.2 Å². The predicted molar refractivity (Wildman–Crippen MR) is 82.1 cm³/mol. The predicted octanol–water partition coefficient (Wildman–Crippen LogP) is 2.47. The minimum absolute atomic E-state index is 0.127. The summed E-state index contributed by atoms with van der Waals surface area (Å²) in [4.78, 5) is 13.8. The van der Waals surface area contributed by atoms with E-state index in [4.69, 9.17) is 0 Å². The molecule has 1 saturated heterocycles. The van der Waals surface area contributed by atoms with Crippen LogP contribution in [0, 0.1) is 0 Å². The minimum atomic E-state index is 0.127. The van der Waals surface area contributed by atoms with Gasteiger partial charge in [-0.05, 0) is 57.0 Å². The lowest BCUT2D eigenvalue weighted by Gasteiger charge is -2.36. The fourth-order valence-electron chi connectivity index (χ4n) is 3.13. The van der Waals surface area contributed by atoms with Crippen LogP contribution in [0.25, 0.3) is 0 Å². The monoisotopic (exact) mass is 273 g/mol. The van der Waals surface area contributed by atoms with E-state index in [2.05, 4.69) is 41.6 Å². The number of nitrogens with zero attached hydrogens (tertiary/aromatic N) is 1. The lowest BCUT2D eigenvalue weighted by molar-refractivity contribution is -0.116. The average molecular weight is 273 g/mol. The molecular weight excluding hydrogens is 250 g/mol. The minimum Gasteiger partial charge on any atom is -0.382 e. The maximum absolute atomic E-state index is 11.4. The standard InChI is InChI=1S/C16H23N3O/c1-11-9-14(7-8-19(11)2)17-13-4-5-15-12(10-13)3-6-16(20)18-15/h4-5,10-11,14,17H,3,6-9H2,1-2H3,(H,18,20). The van der Waals surface area contributed by atoms with Crippen LogP contribution in [0.2, 0.25) is 0 Å². The Bertz CT molecular complexity index is 514. The fraction of sp³-hybridized carbons (Fsp3) is 0.562. The first-order chi connectivity index (χ1) is 9.61. The van der Waals surface area contributed by atoms with Gasteiger partial charge in [0.1, 0.15) is 0 Å². The molecule has 0 spiro atoms. The highest BCUT2D eigenvalue weighted by Gasteiger charge is 2.23. The van der Waals surface area contributed by atoms with E-state index >= 15 is 0 Å². The lowest BCUT2D eigenvalue weighted by Crippen LogP contribution is -2.42. The number of rotatable bonds is 2. The Morgan fingerprint density at radius 3 is 3.00 bits per heavy atom. The Balaban J connectivity index is 1.68. The van der Waals surface area contributed by atoms with E-state index in [0.717, 1.165) is 18.7 Å². The molecule has 0 aromatic heterocycles. The molecule has 2 heterocycles. The number of anilines is 2. The van der Waals surface area contributed by atoms with Crippen LogP contribution < -0.4 is 10.6 Å². The van der Waals surface area contributed by atoms with Gasteiger partial charge in [-0.15, -0.1) is 0 Å². The topological polar surface area (TPSA) is 44.4 Å². The van der Waals surface area contributed by atoms with Crippen LogP contribution in [-0.2, 0) is 11.2 Å². The molecule has 4 nitrogen and oxygen atoms in total. The Morgan fingerprint density at radius 1 is 1.35 bits per heavy atom. The van der Waals surface area contributed by atoms with Gasteiger partial charge in [0.05, 0.1) is 0 Å². The van der Waals surface area contributed by atoms with Crippen molar-refractivity contribution >= 4 is 17.3 Å². The van der Waals surface area contributed by atoms with Crippen molar-refractivity contribution in [2.75, 3.05) is 24.2 Å². The summed E-state index contributed by atoms with van der Waals surface area (Å²) in [5.74, 6) is 0.127. The molecule has 4 heteroatoms. The van der Waals surface area contributed by atoms with Gasteiger partial charge in [-0.3, -0.25) is 4.79 Å². The summed E-state index contributed by atoms with van der Waals surface area (Å²) in [6.45, 7) is 3.44. The highest BCUT2D eigenvalue weighted by Crippen LogP contribution is 2.27. The smallest absolute Gasteiger partial charge is 0.224 e. The van der Waals surface area contributed by atoms with Crippen molar-refractivity contribution in [3.8, 4) is 0 Å². The zero-order valence-electron chi connectivity index (χ0n) is 12.3. The number of amides is 1. The van der Waals surface area contributed by atoms with Gasteiger partial charge in [-0.2, -0.15) is 0 Å². The summed E-state index contributed by atoms with van der Waals surface area (Å²) < 4.78 is 0. The highest BCUT2D eigenvalue weighted by molar-refractivity contribution is 5.94. The summed E-state index contributed by atoms with van der Waals surface area (Å²) in [6.07, 6.45) is 3.82. The Labute approximate surface area is 120 Å². The molecule has 1 fully saturated rings. The molecular formula is C16H23N3O. The molecule has 20 heavy (non-hydrogen) atoms. The molecule has 1 aromatic carbocycles. The van der Waals surface area contributed by atoms with Crippen molar-refractivity contribution in [2.45, 2.75) is 44.7 Å². The van der Waals surface area contributed by atoms with Gasteiger partial charge >= 0.3 is 0 Å². The second kappa shape index (κ2) is 5.44. The molecule has 1 aromatic rings. The molecule has 0 aliphatic carbocycles. The number of likely N-dealkylation sites (tertiary alicyclic amines) is 1. The summed E-state index contributed by atoms with van der Waals surface area (Å²) in [5, 5.41) is 6.58. The van der Waals surface area contributed by atoms with Crippen molar-refractivity contribution in [2.24, 2.45) is 0 Å². The third-order valence-electron chi connectivity index (χ3n) is 4.58. The van der Waals surface area contributed by atoms with Crippen molar-refractivity contribution in [1.82, 2.24) is 4.90 Å². The summed E-state index contributed by atoms with van der Waals surface area (Å²) >= 11 is 0. The Kier molecular flexibility index (Phi) is 3.66.